The lowest BCUT2D eigenvalue weighted by molar-refractivity contribution is -0.127. The second-order valence-corrected chi connectivity index (χ2v) is 5.06. The summed E-state index contributed by atoms with van der Waals surface area (Å²) < 4.78 is 4.61. The van der Waals surface area contributed by atoms with E-state index in [1.54, 1.807) is 0 Å². The number of anilines is 1. The normalized spacial score (nSPS) is 9.63. The van der Waals surface area contributed by atoms with E-state index in [9.17, 15) is 29.1 Å². The maximum absolute atomic E-state index is 11.8. The minimum Gasteiger partial charge on any atom is -0.506 e. The molecule has 0 spiro atoms. The highest BCUT2D eigenvalue weighted by Gasteiger charge is 2.10. The lowest BCUT2D eigenvalue weighted by atomic mass is 10.2. The Morgan fingerprint density at radius 2 is 1.67 bits per heavy atom. The number of phenols is 1. The van der Waals surface area contributed by atoms with Crippen molar-refractivity contribution >= 4 is 35.9 Å². The van der Waals surface area contributed by atoms with Crippen molar-refractivity contribution in [3.8, 4) is 5.75 Å². The Kier molecular flexibility index (Phi) is 8.58. The van der Waals surface area contributed by atoms with Gasteiger partial charge in [-0.3, -0.25) is 19.2 Å². The van der Waals surface area contributed by atoms with Gasteiger partial charge in [-0.05, 0) is 17.7 Å². The average molecular weight is 381 g/mol. The minimum atomic E-state index is -0.967. The van der Waals surface area contributed by atoms with Crippen LogP contribution in [0, 0.1) is 0 Å². The molecular weight excluding hydrogens is 362 g/mol. The van der Waals surface area contributed by atoms with Crippen LogP contribution in [-0.4, -0.2) is 55.0 Å². The van der Waals surface area contributed by atoms with Crippen molar-refractivity contribution in [2.45, 2.75) is 6.61 Å². The van der Waals surface area contributed by atoms with Crippen molar-refractivity contribution in [1.82, 2.24) is 16.0 Å². The first-order valence-corrected chi connectivity index (χ1v) is 7.56. The standard InChI is InChI=1S/C15H19N5O7/c16-15(26)27-7-9-1-2-11(22)10(3-9)20-14(25)6-19-13(24)5-18-12(23)4-17-8-21/h1-3,8,22H,4-7H2,(H2,16,26)(H,17,21)(H,18,23)(H,19,24)(H,20,25). The van der Waals surface area contributed by atoms with Gasteiger partial charge in [0.25, 0.3) is 0 Å². The lowest BCUT2D eigenvalue weighted by Crippen LogP contribution is -2.42. The van der Waals surface area contributed by atoms with Crippen LogP contribution in [0.25, 0.3) is 0 Å². The molecule has 0 aliphatic rings. The van der Waals surface area contributed by atoms with Gasteiger partial charge in [-0.15, -0.1) is 0 Å². The Morgan fingerprint density at radius 1 is 1.04 bits per heavy atom. The third-order valence-electron chi connectivity index (χ3n) is 2.95. The van der Waals surface area contributed by atoms with Crippen LogP contribution in [0.4, 0.5) is 10.5 Å². The maximum Gasteiger partial charge on any atom is 0.404 e. The highest BCUT2D eigenvalue weighted by molar-refractivity contribution is 5.96. The Morgan fingerprint density at radius 3 is 2.30 bits per heavy atom. The molecule has 1 rings (SSSR count). The highest BCUT2D eigenvalue weighted by atomic mass is 16.5. The van der Waals surface area contributed by atoms with E-state index < -0.39 is 30.4 Å². The van der Waals surface area contributed by atoms with Crippen LogP contribution in [-0.2, 0) is 30.5 Å². The first-order valence-electron chi connectivity index (χ1n) is 7.56. The molecule has 1 aromatic carbocycles. The fraction of sp³-hybridized carbons (Fsp3) is 0.267. The zero-order chi connectivity index (χ0) is 20.2. The number of ether oxygens (including phenoxy) is 1. The summed E-state index contributed by atoms with van der Waals surface area (Å²) in [6.07, 6.45) is -0.626. The molecule has 0 unspecified atom stereocenters. The molecule has 0 fully saturated rings. The van der Waals surface area contributed by atoms with Crippen molar-refractivity contribution in [2.24, 2.45) is 5.73 Å². The second kappa shape index (κ2) is 10.9. The molecule has 0 saturated carbocycles. The molecule has 12 heteroatoms. The van der Waals surface area contributed by atoms with Crippen molar-refractivity contribution in [1.29, 1.82) is 0 Å². The predicted molar refractivity (Wildman–Crippen MR) is 91.2 cm³/mol. The van der Waals surface area contributed by atoms with E-state index >= 15 is 0 Å². The average Bonchev–Trinajstić information content (AvgIpc) is 2.63. The fourth-order valence-corrected chi connectivity index (χ4v) is 1.74. The van der Waals surface area contributed by atoms with Crippen LogP contribution in [0.2, 0.25) is 0 Å². The molecule has 0 bridgehead atoms. The van der Waals surface area contributed by atoms with Crippen LogP contribution < -0.4 is 27.0 Å². The van der Waals surface area contributed by atoms with E-state index in [0.717, 1.165) is 0 Å². The molecule has 0 saturated heterocycles. The fourth-order valence-electron chi connectivity index (χ4n) is 1.74. The summed E-state index contributed by atoms with van der Waals surface area (Å²) in [6.45, 7) is -1.21. The van der Waals surface area contributed by atoms with Crippen LogP contribution in [0.5, 0.6) is 5.75 Å². The zero-order valence-corrected chi connectivity index (χ0v) is 14.1. The molecule has 146 valence electrons. The van der Waals surface area contributed by atoms with Crippen molar-refractivity contribution in [3.63, 3.8) is 0 Å². The van der Waals surface area contributed by atoms with Crippen LogP contribution in [0.15, 0.2) is 18.2 Å². The number of hydrogen-bond acceptors (Lipinski definition) is 7. The number of hydrogen-bond donors (Lipinski definition) is 6. The summed E-state index contributed by atoms with van der Waals surface area (Å²) in [4.78, 5) is 55.2. The number of aromatic hydroxyl groups is 1. The third kappa shape index (κ3) is 8.72. The molecule has 27 heavy (non-hydrogen) atoms. The highest BCUT2D eigenvalue weighted by Crippen LogP contribution is 2.24. The van der Waals surface area contributed by atoms with E-state index in [4.69, 9.17) is 5.73 Å². The number of amides is 5. The molecule has 0 heterocycles. The number of nitrogens with two attached hydrogens (primary N) is 1. The molecule has 0 aliphatic carbocycles. The topological polar surface area (TPSA) is 189 Å². The van der Waals surface area contributed by atoms with Gasteiger partial charge in [0.15, 0.2) is 0 Å². The lowest BCUT2D eigenvalue weighted by Gasteiger charge is -2.10. The van der Waals surface area contributed by atoms with Gasteiger partial charge in [0.1, 0.15) is 12.4 Å². The number of carbonyl (C=O) groups excluding carboxylic acids is 5. The monoisotopic (exact) mass is 381 g/mol. The minimum absolute atomic E-state index is 0.0491. The summed E-state index contributed by atoms with van der Waals surface area (Å²) in [6, 6.07) is 4.13. The molecule has 0 radical (unpaired) electrons. The summed E-state index contributed by atoms with van der Waals surface area (Å²) in [5, 5.41) is 18.7. The second-order valence-electron chi connectivity index (χ2n) is 5.06. The Labute approximate surface area is 153 Å². The van der Waals surface area contributed by atoms with Gasteiger partial charge >= 0.3 is 6.09 Å². The first kappa shape index (κ1) is 21.2. The number of nitrogens with one attached hydrogen (secondary N) is 4. The molecule has 1 aromatic rings. The summed E-state index contributed by atoms with van der Waals surface area (Å²) in [7, 11) is 0. The van der Waals surface area contributed by atoms with Gasteiger partial charge in [0.2, 0.25) is 24.1 Å². The van der Waals surface area contributed by atoms with Crippen molar-refractivity contribution in [2.75, 3.05) is 25.0 Å². The zero-order valence-electron chi connectivity index (χ0n) is 14.1. The summed E-state index contributed by atoms with van der Waals surface area (Å²) >= 11 is 0. The third-order valence-corrected chi connectivity index (χ3v) is 2.95. The van der Waals surface area contributed by atoms with Crippen LogP contribution in [0.1, 0.15) is 5.56 Å². The summed E-state index contributed by atoms with van der Waals surface area (Å²) in [5.41, 5.74) is 5.38. The quantitative estimate of drug-likeness (QED) is 0.198. The van der Waals surface area contributed by atoms with E-state index in [0.29, 0.717) is 12.0 Å². The largest absolute Gasteiger partial charge is 0.506 e. The van der Waals surface area contributed by atoms with Gasteiger partial charge in [-0.2, -0.15) is 0 Å². The number of primary amides is 1. The number of benzene rings is 1. The molecule has 12 nitrogen and oxygen atoms in total. The molecule has 0 aromatic heterocycles. The predicted octanol–water partition coefficient (Wildman–Crippen LogP) is -2.10. The van der Waals surface area contributed by atoms with Gasteiger partial charge < -0.3 is 36.8 Å². The van der Waals surface area contributed by atoms with Gasteiger partial charge in [0.05, 0.1) is 25.3 Å². The van der Waals surface area contributed by atoms with Gasteiger partial charge in [0, 0.05) is 0 Å². The number of rotatable bonds is 10. The van der Waals surface area contributed by atoms with Crippen molar-refractivity contribution < 1.29 is 33.8 Å². The number of carbonyl (C=O) groups is 5. The molecule has 0 aliphatic heterocycles. The number of phenolic OH excluding ortho intramolecular Hbond substituents is 1. The Balaban J connectivity index is 2.44. The van der Waals surface area contributed by atoms with E-state index in [2.05, 4.69) is 26.0 Å². The molecular formula is C15H19N5O7. The van der Waals surface area contributed by atoms with Crippen LogP contribution in [0.3, 0.4) is 0 Å². The Hall–Kier alpha value is -3.83. The van der Waals surface area contributed by atoms with Crippen LogP contribution >= 0.6 is 0 Å². The molecule has 5 amide bonds. The molecule has 0 atom stereocenters. The van der Waals surface area contributed by atoms with Gasteiger partial charge in [-0.25, -0.2) is 4.79 Å². The first-order chi connectivity index (χ1) is 12.8. The van der Waals surface area contributed by atoms with Gasteiger partial charge in [-0.1, -0.05) is 6.07 Å². The maximum atomic E-state index is 11.8. The van der Waals surface area contributed by atoms with Crippen molar-refractivity contribution in [3.05, 3.63) is 23.8 Å². The Bertz CT molecular complexity index is 723. The van der Waals surface area contributed by atoms with E-state index in [1.165, 1.54) is 18.2 Å². The SMILES string of the molecule is NC(=O)OCc1ccc(O)c(NC(=O)CNC(=O)CNC(=O)CNC=O)c1. The smallest absolute Gasteiger partial charge is 0.404 e. The summed E-state index contributed by atoms with van der Waals surface area (Å²) in [5.74, 6) is -2.06. The van der Waals surface area contributed by atoms with E-state index in [1.807, 2.05) is 0 Å². The van der Waals surface area contributed by atoms with E-state index in [-0.39, 0.29) is 31.1 Å². The molecule has 7 N–H and O–H groups in total.